The van der Waals surface area contributed by atoms with Gasteiger partial charge in [-0.3, -0.25) is 4.79 Å². The second-order valence-corrected chi connectivity index (χ2v) is 2.59. The fourth-order valence-corrected chi connectivity index (χ4v) is 1.04. The first-order valence-electron chi connectivity index (χ1n) is 3.64. The average molecular weight is 167 g/mol. The van der Waals surface area contributed by atoms with Gasteiger partial charge in [-0.2, -0.15) is 0 Å². The molecule has 1 aromatic carbocycles. The lowest BCUT2D eigenvalue weighted by Crippen LogP contribution is -2.03. The molecule has 0 aliphatic rings. The molecule has 0 atom stereocenters. The molecule has 0 amide bonds. The summed E-state index contributed by atoms with van der Waals surface area (Å²) in [6, 6.07) is 3.28. The van der Waals surface area contributed by atoms with Crippen LogP contribution in [0.25, 0.3) is 0 Å². The van der Waals surface area contributed by atoms with Crippen molar-refractivity contribution in [1.82, 2.24) is 0 Å². The molecule has 0 bridgehead atoms. The Morgan fingerprint density at radius 3 is 2.75 bits per heavy atom. The molecule has 1 rings (SSSR count). The minimum absolute atomic E-state index is 0.109. The minimum Gasteiger partial charge on any atom is -0.326 e. The fraction of sp³-hybridized carbons (Fsp3) is 0.222. The average Bonchev–Trinajstić information content (AvgIpc) is 2.06. The van der Waals surface area contributed by atoms with Gasteiger partial charge in [0.2, 0.25) is 0 Å². The second-order valence-electron chi connectivity index (χ2n) is 2.59. The minimum atomic E-state index is -0.493. The van der Waals surface area contributed by atoms with Crippen LogP contribution in [0.2, 0.25) is 0 Å². The summed E-state index contributed by atoms with van der Waals surface area (Å²) in [7, 11) is 0. The predicted molar refractivity (Wildman–Crippen MR) is 44.4 cm³/mol. The molecule has 0 spiro atoms. The van der Waals surface area contributed by atoms with Gasteiger partial charge in [-0.1, -0.05) is 12.1 Å². The molecular weight excluding hydrogens is 157 g/mol. The summed E-state index contributed by atoms with van der Waals surface area (Å²) in [6.45, 7) is 1.81. The van der Waals surface area contributed by atoms with Gasteiger partial charge in [0.25, 0.3) is 0 Å². The number of hydrogen-bond donors (Lipinski definition) is 1. The number of benzene rings is 1. The smallest absolute Gasteiger partial charge is 0.153 e. The van der Waals surface area contributed by atoms with Crippen molar-refractivity contribution in [1.29, 1.82) is 0 Å². The van der Waals surface area contributed by atoms with E-state index < -0.39 is 5.82 Å². The predicted octanol–water partition coefficient (Wildman–Crippen LogP) is 1.41. The number of nitrogens with two attached hydrogens (primary N) is 1. The number of carbonyl (C=O) groups excluding carboxylic acids is 1. The molecular formula is C9H10FNO. The molecule has 2 N–H and O–H groups in total. The molecule has 0 saturated carbocycles. The molecule has 0 aromatic heterocycles. The lowest BCUT2D eigenvalue weighted by atomic mass is 10.1. The largest absolute Gasteiger partial charge is 0.326 e. The number of aryl methyl sites for hydroxylation is 1. The summed E-state index contributed by atoms with van der Waals surface area (Å²) in [5.74, 6) is -0.493. The van der Waals surface area contributed by atoms with Gasteiger partial charge in [0.1, 0.15) is 5.82 Å². The van der Waals surface area contributed by atoms with Crippen LogP contribution in [0.1, 0.15) is 21.5 Å². The molecule has 0 heterocycles. The van der Waals surface area contributed by atoms with Crippen molar-refractivity contribution in [3.8, 4) is 0 Å². The zero-order chi connectivity index (χ0) is 9.14. The molecule has 0 radical (unpaired) electrons. The molecule has 2 nitrogen and oxygen atoms in total. The summed E-state index contributed by atoms with van der Waals surface area (Å²) < 4.78 is 13.2. The van der Waals surface area contributed by atoms with Crippen molar-refractivity contribution < 1.29 is 9.18 Å². The summed E-state index contributed by atoms with van der Waals surface area (Å²) in [4.78, 5) is 10.4. The van der Waals surface area contributed by atoms with Crippen molar-refractivity contribution in [2.45, 2.75) is 13.5 Å². The Morgan fingerprint density at radius 1 is 1.58 bits per heavy atom. The van der Waals surface area contributed by atoms with Crippen LogP contribution < -0.4 is 5.73 Å². The highest BCUT2D eigenvalue weighted by molar-refractivity contribution is 5.78. The quantitative estimate of drug-likeness (QED) is 0.676. The summed E-state index contributed by atoms with van der Waals surface area (Å²) in [5, 5.41) is 0. The van der Waals surface area contributed by atoms with E-state index in [1.165, 1.54) is 0 Å². The number of hydrogen-bond acceptors (Lipinski definition) is 2. The van der Waals surface area contributed by atoms with E-state index >= 15 is 0 Å². The number of carbonyl (C=O) groups is 1. The van der Waals surface area contributed by atoms with Crippen molar-refractivity contribution >= 4 is 6.29 Å². The van der Waals surface area contributed by atoms with Crippen LogP contribution in [0.4, 0.5) is 4.39 Å². The van der Waals surface area contributed by atoms with Gasteiger partial charge < -0.3 is 5.73 Å². The van der Waals surface area contributed by atoms with Crippen molar-refractivity contribution in [3.05, 3.63) is 34.6 Å². The molecule has 0 aliphatic carbocycles. The van der Waals surface area contributed by atoms with Gasteiger partial charge in [-0.15, -0.1) is 0 Å². The number of rotatable bonds is 2. The normalized spacial score (nSPS) is 9.92. The van der Waals surface area contributed by atoms with Gasteiger partial charge in [0.15, 0.2) is 6.29 Å². The van der Waals surface area contributed by atoms with Crippen molar-refractivity contribution in [2.24, 2.45) is 5.73 Å². The Bertz CT molecular complexity index is 310. The maximum absolute atomic E-state index is 13.2. The molecule has 12 heavy (non-hydrogen) atoms. The third-order valence-corrected chi connectivity index (χ3v) is 1.82. The van der Waals surface area contributed by atoms with Gasteiger partial charge in [0, 0.05) is 12.1 Å². The van der Waals surface area contributed by atoms with Crippen LogP contribution in [0, 0.1) is 12.7 Å². The Kier molecular flexibility index (Phi) is 2.55. The molecule has 0 unspecified atom stereocenters. The van der Waals surface area contributed by atoms with Crippen LogP contribution >= 0.6 is 0 Å². The van der Waals surface area contributed by atoms with Crippen LogP contribution in [0.15, 0.2) is 12.1 Å². The summed E-state index contributed by atoms with van der Waals surface area (Å²) in [6.07, 6.45) is 0.518. The molecule has 0 saturated heterocycles. The van der Waals surface area contributed by atoms with Crippen LogP contribution in [0.3, 0.4) is 0 Å². The second kappa shape index (κ2) is 3.45. The number of aldehydes is 1. The highest BCUT2D eigenvalue weighted by atomic mass is 19.1. The van der Waals surface area contributed by atoms with Crippen LogP contribution in [-0.2, 0) is 6.54 Å². The Balaban J connectivity index is 3.33. The zero-order valence-corrected chi connectivity index (χ0v) is 6.80. The summed E-state index contributed by atoms with van der Waals surface area (Å²) >= 11 is 0. The van der Waals surface area contributed by atoms with Crippen molar-refractivity contribution in [2.75, 3.05) is 0 Å². The van der Waals surface area contributed by atoms with Gasteiger partial charge in [0.05, 0.1) is 5.56 Å². The first-order valence-corrected chi connectivity index (χ1v) is 3.64. The third kappa shape index (κ3) is 1.36. The van der Waals surface area contributed by atoms with E-state index in [-0.39, 0.29) is 12.1 Å². The highest BCUT2D eigenvalue weighted by Gasteiger charge is 2.08. The first kappa shape index (κ1) is 8.87. The van der Waals surface area contributed by atoms with E-state index in [4.69, 9.17) is 5.73 Å². The van der Waals surface area contributed by atoms with Crippen LogP contribution in [-0.4, -0.2) is 6.29 Å². The fourth-order valence-electron chi connectivity index (χ4n) is 1.04. The Labute approximate surface area is 70.2 Å². The van der Waals surface area contributed by atoms with E-state index in [1.807, 2.05) is 0 Å². The Hall–Kier alpha value is -1.22. The van der Waals surface area contributed by atoms with E-state index in [1.54, 1.807) is 19.1 Å². The van der Waals surface area contributed by atoms with E-state index in [2.05, 4.69) is 0 Å². The first-order chi connectivity index (χ1) is 5.70. The molecule has 64 valence electrons. The Morgan fingerprint density at radius 2 is 2.25 bits per heavy atom. The van der Waals surface area contributed by atoms with Crippen molar-refractivity contribution in [3.63, 3.8) is 0 Å². The SMILES string of the molecule is Cc1ccc(CN)c(F)c1C=O. The summed E-state index contributed by atoms with van der Waals surface area (Å²) in [5.41, 5.74) is 6.39. The molecule has 0 aliphatic heterocycles. The maximum atomic E-state index is 13.2. The molecule has 0 fully saturated rings. The van der Waals surface area contributed by atoms with Gasteiger partial charge in [-0.05, 0) is 12.5 Å². The van der Waals surface area contributed by atoms with E-state index in [9.17, 15) is 9.18 Å². The van der Waals surface area contributed by atoms with E-state index in [0.29, 0.717) is 17.4 Å². The topological polar surface area (TPSA) is 43.1 Å². The highest BCUT2D eigenvalue weighted by Crippen LogP contribution is 2.14. The number of halogens is 1. The van der Waals surface area contributed by atoms with E-state index in [0.717, 1.165) is 0 Å². The van der Waals surface area contributed by atoms with Gasteiger partial charge in [-0.25, -0.2) is 4.39 Å². The lowest BCUT2D eigenvalue weighted by Gasteiger charge is -2.04. The van der Waals surface area contributed by atoms with Crippen LogP contribution in [0.5, 0.6) is 0 Å². The zero-order valence-electron chi connectivity index (χ0n) is 6.80. The van der Waals surface area contributed by atoms with Gasteiger partial charge >= 0.3 is 0 Å². The molecule has 1 aromatic rings. The lowest BCUT2D eigenvalue weighted by molar-refractivity contribution is 0.111. The maximum Gasteiger partial charge on any atom is 0.153 e. The third-order valence-electron chi connectivity index (χ3n) is 1.82. The molecule has 3 heteroatoms. The standard InChI is InChI=1S/C9H10FNO/c1-6-2-3-7(4-11)9(10)8(6)5-12/h2-3,5H,4,11H2,1H3. The monoisotopic (exact) mass is 167 g/mol.